The lowest BCUT2D eigenvalue weighted by Crippen LogP contribution is -2.27. The van der Waals surface area contributed by atoms with Gasteiger partial charge in [-0.25, -0.2) is 4.68 Å². The molecule has 150 valence electrons. The van der Waals surface area contributed by atoms with Crippen LogP contribution in [-0.4, -0.2) is 20.8 Å². The fraction of sp³-hybridized carbons (Fsp3) is 0.227. The summed E-state index contributed by atoms with van der Waals surface area (Å²) >= 11 is 5.93. The molecule has 0 aliphatic carbocycles. The first kappa shape index (κ1) is 20.6. The highest BCUT2D eigenvalue weighted by molar-refractivity contribution is 6.30. The number of nitrogens with one attached hydrogen (secondary N) is 1. The van der Waals surface area contributed by atoms with Gasteiger partial charge in [0, 0.05) is 16.8 Å². The van der Waals surface area contributed by atoms with E-state index in [1.165, 1.54) is 16.8 Å². The van der Waals surface area contributed by atoms with E-state index in [-0.39, 0.29) is 22.5 Å². The second-order valence-corrected chi connectivity index (χ2v) is 8.26. The minimum absolute atomic E-state index is 0.0866. The number of phenolic OH excluding ortho intramolecular Hbond substituents is 1. The number of halogens is 1. The highest BCUT2D eigenvalue weighted by atomic mass is 35.5. The molecule has 1 aromatic heterocycles. The van der Waals surface area contributed by atoms with Crippen molar-refractivity contribution < 1.29 is 9.90 Å². The Hall–Kier alpha value is -3.12. The summed E-state index contributed by atoms with van der Waals surface area (Å²) in [5.41, 5.74) is 1.45. The first-order valence-corrected chi connectivity index (χ1v) is 9.46. The zero-order valence-electron chi connectivity index (χ0n) is 16.7. The van der Waals surface area contributed by atoms with Gasteiger partial charge >= 0.3 is 0 Å². The fourth-order valence-electron chi connectivity index (χ4n) is 2.83. The summed E-state index contributed by atoms with van der Waals surface area (Å²) < 4.78 is 1.50. The van der Waals surface area contributed by atoms with Gasteiger partial charge in [0.05, 0.1) is 11.4 Å². The predicted octanol–water partition coefficient (Wildman–Crippen LogP) is 4.45. The molecule has 0 spiro atoms. The van der Waals surface area contributed by atoms with E-state index in [9.17, 15) is 14.7 Å². The topological polar surface area (TPSA) is 84.2 Å². The number of aryl methyl sites for hydroxylation is 1. The molecule has 0 radical (unpaired) electrons. The SMILES string of the molecule is Cc1cc(=O)c(C(=O)Nc2cc(C(C)(C)C)ccc2O)nn1-c1ccc(Cl)cc1. The number of amides is 1. The molecule has 3 aromatic rings. The normalized spacial score (nSPS) is 11.3. The molecule has 7 heteroatoms. The summed E-state index contributed by atoms with van der Waals surface area (Å²) in [4.78, 5) is 25.2. The molecule has 0 atom stereocenters. The number of hydrogen-bond acceptors (Lipinski definition) is 4. The fourth-order valence-corrected chi connectivity index (χ4v) is 2.96. The quantitative estimate of drug-likeness (QED) is 0.623. The van der Waals surface area contributed by atoms with Gasteiger partial charge in [0.1, 0.15) is 5.75 Å². The Labute approximate surface area is 173 Å². The average Bonchev–Trinajstić information content (AvgIpc) is 2.63. The third-order valence-electron chi connectivity index (χ3n) is 4.50. The van der Waals surface area contributed by atoms with Crippen molar-refractivity contribution in [3.05, 3.63) is 80.7 Å². The highest BCUT2D eigenvalue weighted by Gasteiger charge is 2.19. The molecule has 29 heavy (non-hydrogen) atoms. The van der Waals surface area contributed by atoms with Crippen LogP contribution >= 0.6 is 11.6 Å². The van der Waals surface area contributed by atoms with Gasteiger partial charge in [-0.1, -0.05) is 38.4 Å². The van der Waals surface area contributed by atoms with E-state index in [4.69, 9.17) is 11.6 Å². The Kier molecular flexibility index (Phi) is 5.48. The van der Waals surface area contributed by atoms with Crippen LogP contribution in [0.15, 0.2) is 53.3 Å². The van der Waals surface area contributed by atoms with Gasteiger partial charge in [-0.05, 0) is 54.3 Å². The average molecular weight is 412 g/mol. The van der Waals surface area contributed by atoms with Crippen molar-refractivity contribution in [2.45, 2.75) is 33.1 Å². The maximum Gasteiger partial charge on any atom is 0.280 e. The molecular weight excluding hydrogens is 390 g/mol. The largest absolute Gasteiger partial charge is 0.506 e. The van der Waals surface area contributed by atoms with E-state index < -0.39 is 11.3 Å². The van der Waals surface area contributed by atoms with Crippen molar-refractivity contribution in [1.82, 2.24) is 9.78 Å². The van der Waals surface area contributed by atoms with Crippen molar-refractivity contribution in [1.29, 1.82) is 0 Å². The molecule has 0 aliphatic rings. The monoisotopic (exact) mass is 411 g/mol. The van der Waals surface area contributed by atoms with Crippen LogP contribution in [0.2, 0.25) is 5.02 Å². The molecule has 6 nitrogen and oxygen atoms in total. The summed E-state index contributed by atoms with van der Waals surface area (Å²) in [6, 6.07) is 13.2. The van der Waals surface area contributed by atoms with Gasteiger partial charge in [-0.15, -0.1) is 0 Å². The molecule has 0 bridgehead atoms. The van der Waals surface area contributed by atoms with Crippen LogP contribution in [0.4, 0.5) is 5.69 Å². The first-order chi connectivity index (χ1) is 13.6. The molecule has 1 heterocycles. The van der Waals surface area contributed by atoms with E-state index in [0.717, 1.165) is 5.56 Å². The van der Waals surface area contributed by atoms with Gasteiger partial charge in [0.25, 0.3) is 5.91 Å². The van der Waals surface area contributed by atoms with Gasteiger partial charge in [0.2, 0.25) is 5.43 Å². The van der Waals surface area contributed by atoms with Crippen LogP contribution in [0.3, 0.4) is 0 Å². The third kappa shape index (κ3) is 4.49. The maximum absolute atomic E-state index is 12.8. The molecule has 2 N–H and O–H groups in total. The second-order valence-electron chi connectivity index (χ2n) is 7.82. The molecule has 0 unspecified atom stereocenters. The van der Waals surface area contributed by atoms with Crippen molar-refractivity contribution >= 4 is 23.2 Å². The Morgan fingerprint density at radius 2 is 1.76 bits per heavy atom. The van der Waals surface area contributed by atoms with E-state index in [1.54, 1.807) is 43.3 Å². The smallest absolute Gasteiger partial charge is 0.280 e. The van der Waals surface area contributed by atoms with Crippen LogP contribution in [0.1, 0.15) is 42.5 Å². The number of phenols is 1. The Morgan fingerprint density at radius 1 is 1.10 bits per heavy atom. The minimum atomic E-state index is -0.695. The summed E-state index contributed by atoms with van der Waals surface area (Å²) in [6.45, 7) is 7.80. The zero-order chi connectivity index (χ0) is 21.3. The number of carbonyl (C=O) groups is 1. The standard InChI is InChI=1S/C22H22ClN3O3/c1-13-11-19(28)20(25-26(13)16-8-6-15(23)7-9-16)21(29)24-17-12-14(22(2,3)4)5-10-18(17)27/h5-12,27H,1-4H3,(H,24,29). The van der Waals surface area contributed by atoms with Crippen molar-refractivity contribution in [2.75, 3.05) is 5.32 Å². The lowest BCUT2D eigenvalue weighted by Gasteiger charge is -2.20. The lowest BCUT2D eigenvalue weighted by molar-refractivity contribution is 0.101. The van der Waals surface area contributed by atoms with E-state index in [1.807, 2.05) is 20.8 Å². The number of carbonyl (C=O) groups excluding carboxylic acids is 1. The highest BCUT2D eigenvalue weighted by Crippen LogP contribution is 2.30. The Morgan fingerprint density at radius 3 is 2.38 bits per heavy atom. The third-order valence-corrected chi connectivity index (χ3v) is 4.76. The minimum Gasteiger partial charge on any atom is -0.506 e. The van der Waals surface area contributed by atoms with Gasteiger partial charge in [0.15, 0.2) is 5.69 Å². The van der Waals surface area contributed by atoms with E-state index >= 15 is 0 Å². The van der Waals surface area contributed by atoms with Gasteiger partial charge < -0.3 is 10.4 Å². The number of nitrogens with zero attached hydrogens (tertiary/aromatic N) is 2. The molecule has 0 aliphatic heterocycles. The van der Waals surface area contributed by atoms with Crippen molar-refractivity contribution in [3.63, 3.8) is 0 Å². The summed E-state index contributed by atoms with van der Waals surface area (Å²) in [5.74, 6) is -0.782. The van der Waals surface area contributed by atoms with Crippen LogP contribution in [0, 0.1) is 6.92 Å². The number of aromatic nitrogens is 2. The summed E-state index contributed by atoms with van der Waals surface area (Å²) in [7, 11) is 0. The van der Waals surface area contributed by atoms with Crippen molar-refractivity contribution in [2.24, 2.45) is 0 Å². The Balaban J connectivity index is 1.99. The predicted molar refractivity (Wildman–Crippen MR) is 114 cm³/mol. The first-order valence-electron chi connectivity index (χ1n) is 9.08. The summed E-state index contributed by atoms with van der Waals surface area (Å²) in [5, 5.41) is 17.5. The molecule has 0 saturated heterocycles. The van der Waals surface area contributed by atoms with Gasteiger partial charge in [-0.3, -0.25) is 9.59 Å². The molecule has 1 amide bonds. The lowest BCUT2D eigenvalue weighted by atomic mass is 9.87. The van der Waals surface area contributed by atoms with Gasteiger partial charge in [-0.2, -0.15) is 5.10 Å². The maximum atomic E-state index is 12.8. The second kappa shape index (κ2) is 7.72. The van der Waals surface area contributed by atoms with Crippen LogP contribution in [0.5, 0.6) is 5.75 Å². The van der Waals surface area contributed by atoms with E-state index in [2.05, 4.69) is 10.4 Å². The number of rotatable bonds is 3. The number of anilines is 1. The van der Waals surface area contributed by atoms with E-state index in [0.29, 0.717) is 16.4 Å². The molecule has 2 aromatic carbocycles. The van der Waals surface area contributed by atoms with Crippen LogP contribution in [-0.2, 0) is 5.41 Å². The van der Waals surface area contributed by atoms with Crippen LogP contribution < -0.4 is 10.7 Å². The number of aromatic hydroxyl groups is 1. The number of hydrogen-bond donors (Lipinski definition) is 2. The molecule has 3 rings (SSSR count). The zero-order valence-corrected chi connectivity index (χ0v) is 17.4. The Bertz CT molecular complexity index is 1130. The van der Waals surface area contributed by atoms with Crippen LogP contribution in [0.25, 0.3) is 5.69 Å². The number of benzene rings is 2. The summed E-state index contributed by atoms with van der Waals surface area (Å²) in [6.07, 6.45) is 0. The molecule has 0 fully saturated rings. The molecular formula is C22H22ClN3O3. The molecule has 0 saturated carbocycles. The van der Waals surface area contributed by atoms with Crippen molar-refractivity contribution in [3.8, 4) is 11.4 Å².